The number of rotatable bonds is 5. The van der Waals surface area contributed by atoms with Gasteiger partial charge in [-0.3, -0.25) is 4.79 Å². The van der Waals surface area contributed by atoms with E-state index in [9.17, 15) is 4.79 Å². The van der Waals surface area contributed by atoms with Crippen molar-refractivity contribution in [3.63, 3.8) is 0 Å². The van der Waals surface area contributed by atoms with Crippen LogP contribution in [0.5, 0.6) is 5.75 Å². The Balaban J connectivity index is 1.87. The first kappa shape index (κ1) is 14.8. The maximum Gasteiger partial charge on any atom is 0.278 e. The molecule has 0 saturated carbocycles. The molecule has 0 bridgehead atoms. The van der Waals surface area contributed by atoms with Crippen molar-refractivity contribution in [1.29, 1.82) is 0 Å². The zero-order valence-corrected chi connectivity index (χ0v) is 12.1. The van der Waals surface area contributed by atoms with Crippen LogP contribution in [0, 0.1) is 0 Å². The van der Waals surface area contributed by atoms with Crippen molar-refractivity contribution < 1.29 is 19.2 Å². The SMILES string of the molecule is COc1ccccc1CNC(=O)[C@@H](C)[NH+]1CCOCC1. The molecule has 5 heteroatoms. The lowest BCUT2D eigenvalue weighted by atomic mass is 10.2. The molecule has 0 aromatic heterocycles. The van der Waals surface area contributed by atoms with Crippen molar-refractivity contribution in [1.82, 2.24) is 5.32 Å². The number of hydrogen-bond donors (Lipinski definition) is 2. The fraction of sp³-hybridized carbons (Fsp3) is 0.533. The van der Waals surface area contributed by atoms with Crippen molar-refractivity contribution >= 4 is 5.91 Å². The van der Waals surface area contributed by atoms with Gasteiger partial charge in [-0.05, 0) is 13.0 Å². The third-order valence-electron chi connectivity index (χ3n) is 3.79. The number of carbonyl (C=O) groups excluding carboxylic acids is 1. The lowest BCUT2D eigenvalue weighted by Gasteiger charge is -2.28. The van der Waals surface area contributed by atoms with Gasteiger partial charge >= 0.3 is 0 Å². The second-order valence-corrected chi connectivity index (χ2v) is 5.02. The van der Waals surface area contributed by atoms with E-state index in [1.807, 2.05) is 31.2 Å². The molecular formula is C15H23N2O3+. The Morgan fingerprint density at radius 1 is 1.40 bits per heavy atom. The van der Waals surface area contributed by atoms with Gasteiger partial charge in [0.1, 0.15) is 18.8 Å². The van der Waals surface area contributed by atoms with Crippen LogP contribution < -0.4 is 15.0 Å². The van der Waals surface area contributed by atoms with Gasteiger partial charge in [0.2, 0.25) is 0 Å². The molecule has 1 fully saturated rings. The summed E-state index contributed by atoms with van der Waals surface area (Å²) in [6.07, 6.45) is 0. The average molecular weight is 279 g/mol. The van der Waals surface area contributed by atoms with Crippen molar-refractivity contribution in [2.24, 2.45) is 0 Å². The quantitative estimate of drug-likeness (QED) is 0.772. The first-order valence-corrected chi connectivity index (χ1v) is 7.04. The van der Waals surface area contributed by atoms with Gasteiger partial charge in [-0.1, -0.05) is 18.2 Å². The summed E-state index contributed by atoms with van der Waals surface area (Å²) < 4.78 is 10.6. The zero-order chi connectivity index (χ0) is 14.4. The summed E-state index contributed by atoms with van der Waals surface area (Å²) in [6.45, 7) is 5.72. The van der Waals surface area contributed by atoms with Crippen LogP contribution in [0.4, 0.5) is 0 Å². The molecule has 0 spiro atoms. The predicted molar refractivity (Wildman–Crippen MR) is 75.8 cm³/mol. The van der Waals surface area contributed by atoms with E-state index < -0.39 is 0 Å². The minimum atomic E-state index is -0.0476. The smallest absolute Gasteiger partial charge is 0.278 e. The van der Waals surface area contributed by atoms with Crippen LogP contribution in [0.1, 0.15) is 12.5 Å². The normalized spacial score (nSPS) is 17.5. The second kappa shape index (κ2) is 7.26. The van der Waals surface area contributed by atoms with Gasteiger partial charge in [0.15, 0.2) is 6.04 Å². The molecule has 0 aliphatic carbocycles. The molecule has 20 heavy (non-hydrogen) atoms. The van der Waals surface area contributed by atoms with Crippen LogP contribution in [0.3, 0.4) is 0 Å². The summed E-state index contributed by atoms with van der Waals surface area (Å²) in [5, 5.41) is 2.99. The third kappa shape index (κ3) is 3.71. The number of quaternary nitrogens is 1. The van der Waals surface area contributed by atoms with Crippen LogP contribution in [-0.4, -0.2) is 45.4 Å². The van der Waals surface area contributed by atoms with Gasteiger partial charge in [0.05, 0.1) is 20.3 Å². The van der Waals surface area contributed by atoms with E-state index in [1.54, 1.807) is 7.11 Å². The molecule has 0 unspecified atom stereocenters. The predicted octanol–water partition coefficient (Wildman–Crippen LogP) is -0.385. The summed E-state index contributed by atoms with van der Waals surface area (Å²) in [4.78, 5) is 13.5. The molecule has 1 aromatic carbocycles. The van der Waals surface area contributed by atoms with E-state index >= 15 is 0 Å². The minimum absolute atomic E-state index is 0.0476. The zero-order valence-electron chi connectivity index (χ0n) is 12.1. The molecule has 0 radical (unpaired) electrons. The van der Waals surface area contributed by atoms with Crippen LogP contribution in [0.15, 0.2) is 24.3 Å². The highest BCUT2D eigenvalue weighted by atomic mass is 16.5. The van der Waals surface area contributed by atoms with E-state index in [4.69, 9.17) is 9.47 Å². The van der Waals surface area contributed by atoms with E-state index in [2.05, 4.69) is 5.32 Å². The number of amides is 1. The highest BCUT2D eigenvalue weighted by Crippen LogP contribution is 2.16. The van der Waals surface area contributed by atoms with Crippen LogP contribution in [-0.2, 0) is 16.1 Å². The van der Waals surface area contributed by atoms with E-state index in [-0.39, 0.29) is 11.9 Å². The number of carbonyl (C=O) groups is 1. The Morgan fingerprint density at radius 3 is 2.80 bits per heavy atom. The molecule has 5 nitrogen and oxygen atoms in total. The Morgan fingerprint density at radius 2 is 2.10 bits per heavy atom. The number of para-hydroxylation sites is 1. The van der Waals surface area contributed by atoms with Gasteiger partial charge in [0.25, 0.3) is 5.91 Å². The molecule has 1 aliphatic rings. The van der Waals surface area contributed by atoms with Crippen molar-refractivity contribution in [3.05, 3.63) is 29.8 Å². The Hall–Kier alpha value is -1.59. The topological polar surface area (TPSA) is 52.0 Å². The largest absolute Gasteiger partial charge is 0.496 e. The van der Waals surface area contributed by atoms with Crippen LogP contribution >= 0.6 is 0 Å². The summed E-state index contributed by atoms with van der Waals surface area (Å²) in [6, 6.07) is 7.68. The molecule has 110 valence electrons. The highest BCUT2D eigenvalue weighted by Gasteiger charge is 2.26. The van der Waals surface area contributed by atoms with Gasteiger partial charge in [0, 0.05) is 12.1 Å². The number of morpholine rings is 1. The van der Waals surface area contributed by atoms with E-state index in [1.165, 1.54) is 4.90 Å². The standard InChI is InChI=1S/C15H22N2O3/c1-12(17-7-9-20-10-8-17)15(18)16-11-13-5-3-4-6-14(13)19-2/h3-6,12H,7-11H2,1-2H3,(H,16,18)/p+1/t12-/m1/s1. The summed E-state index contributed by atoms with van der Waals surface area (Å²) >= 11 is 0. The Labute approximate surface area is 119 Å². The first-order valence-electron chi connectivity index (χ1n) is 7.04. The number of benzene rings is 1. The molecule has 1 saturated heterocycles. The molecule has 2 rings (SSSR count). The Kier molecular flexibility index (Phi) is 5.38. The van der Waals surface area contributed by atoms with Crippen LogP contribution in [0.2, 0.25) is 0 Å². The molecule has 1 aromatic rings. The molecule has 1 heterocycles. The number of ether oxygens (including phenoxy) is 2. The molecule has 2 N–H and O–H groups in total. The third-order valence-corrected chi connectivity index (χ3v) is 3.79. The summed E-state index contributed by atoms with van der Waals surface area (Å²) in [7, 11) is 1.64. The monoisotopic (exact) mass is 279 g/mol. The van der Waals surface area contributed by atoms with Crippen molar-refractivity contribution in [2.75, 3.05) is 33.4 Å². The lowest BCUT2D eigenvalue weighted by Crippen LogP contribution is -3.18. The first-order chi connectivity index (χ1) is 9.72. The average Bonchev–Trinajstić information content (AvgIpc) is 2.53. The van der Waals surface area contributed by atoms with Gasteiger partial charge in [-0.25, -0.2) is 0 Å². The highest BCUT2D eigenvalue weighted by molar-refractivity contribution is 5.79. The van der Waals surface area contributed by atoms with Gasteiger partial charge in [-0.2, -0.15) is 0 Å². The van der Waals surface area contributed by atoms with E-state index in [0.29, 0.717) is 6.54 Å². The number of hydrogen-bond acceptors (Lipinski definition) is 3. The number of methoxy groups -OCH3 is 1. The molecule has 1 aliphatic heterocycles. The maximum atomic E-state index is 12.2. The van der Waals surface area contributed by atoms with Crippen molar-refractivity contribution in [2.45, 2.75) is 19.5 Å². The van der Waals surface area contributed by atoms with E-state index in [0.717, 1.165) is 37.6 Å². The molecule has 1 amide bonds. The fourth-order valence-corrected chi connectivity index (χ4v) is 2.44. The van der Waals surface area contributed by atoms with Gasteiger partial charge < -0.3 is 19.7 Å². The van der Waals surface area contributed by atoms with Gasteiger partial charge in [-0.15, -0.1) is 0 Å². The van der Waals surface area contributed by atoms with Crippen LogP contribution in [0.25, 0.3) is 0 Å². The Bertz CT molecular complexity index is 444. The van der Waals surface area contributed by atoms with Crippen molar-refractivity contribution in [3.8, 4) is 5.75 Å². The molecular weight excluding hydrogens is 256 g/mol. The fourth-order valence-electron chi connectivity index (χ4n) is 2.44. The summed E-state index contributed by atoms with van der Waals surface area (Å²) in [5.74, 6) is 0.881. The maximum absolute atomic E-state index is 12.2. The summed E-state index contributed by atoms with van der Waals surface area (Å²) in [5.41, 5.74) is 0.993. The molecule has 1 atom stereocenters. The lowest BCUT2D eigenvalue weighted by molar-refractivity contribution is -0.921. The minimum Gasteiger partial charge on any atom is -0.496 e. The number of nitrogens with one attached hydrogen (secondary N) is 2. The second-order valence-electron chi connectivity index (χ2n) is 5.02.